The number of hydrogen-bond acceptors (Lipinski definition) is 6. The molecule has 0 aromatic carbocycles. The number of thiophene rings is 1. The first-order valence-corrected chi connectivity index (χ1v) is 11.8. The average molecular weight is 436 g/mol. The Morgan fingerprint density at radius 1 is 1.26 bits per heavy atom. The van der Waals surface area contributed by atoms with Gasteiger partial charge in [0.1, 0.15) is 12.1 Å². The van der Waals surface area contributed by atoms with Gasteiger partial charge in [-0.1, -0.05) is 44.2 Å². The van der Waals surface area contributed by atoms with Crippen LogP contribution in [0.2, 0.25) is 0 Å². The zero-order valence-electron chi connectivity index (χ0n) is 18.2. The van der Waals surface area contributed by atoms with Crippen molar-refractivity contribution in [3.05, 3.63) is 64.2 Å². The van der Waals surface area contributed by atoms with E-state index in [-0.39, 0.29) is 5.78 Å². The van der Waals surface area contributed by atoms with Gasteiger partial charge in [0.05, 0.1) is 11.5 Å². The van der Waals surface area contributed by atoms with E-state index in [1.54, 1.807) is 23.7 Å². The van der Waals surface area contributed by atoms with Gasteiger partial charge in [-0.3, -0.25) is 4.79 Å². The molecule has 1 aliphatic carbocycles. The van der Waals surface area contributed by atoms with E-state index in [1.165, 1.54) is 10.4 Å². The van der Waals surface area contributed by atoms with Gasteiger partial charge in [-0.25, -0.2) is 9.97 Å². The van der Waals surface area contributed by atoms with Crippen molar-refractivity contribution in [3.63, 3.8) is 0 Å². The van der Waals surface area contributed by atoms with Crippen LogP contribution in [0.1, 0.15) is 46.8 Å². The Labute approximate surface area is 188 Å². The molecule has 2 aliphatic rings. The van der Waals surface area contributed by atoms with Crippen LogP contribution in [-0.4, -0.2) is 35.4 Å². The van der Waals surface area contributed by atoms with Crippen LogP contribution in [0.3, 0.4) is 0 Å². The van der Waals surface area contributed by atoms with E-state index >= 15 is 0 Å². The average Bonchev–Trinajstić information content (AvgIpc) is 3.07. The fourth-order valence-electron chi connectivity index (χ4n) is 3.74. The lowest BCUT2D eigenvalue weighted by Gasteiger charge is -2.31. The number of rotatable bonds is 7. The Balaban J connectivity index is 1.31. The number of ketones is 1. The molecular weight excluding hydrogens is 406 g/mol. The highest BCUT2D eigenvalue weighted by molar-refractivity contribution is 7.14. The second kappa shape index (κ2) is 10.1. The number of anilines is 1. The summed E-state index contributed by atoms with van der Waals surface area (Å²) in [6.07, 6.45) is 16.7. The van der Waals surface area contributed by atoms with Crippen LogP contribution in [-0.2, 0) is 6.42 Å². The van der Waals surface area contributed by atoms with E-state index in [9.17, 15) is 4.79 Å². The van der Waals surface area contributed by atoms with Crippen molar-refractivity contribution in [1.82, 2.24) is 9.97 Å². The van der Waals surface area contributed by atoms with Gasteiger partial charge >= 0.3 is 0 Å². The lowest BCUT2D eigenvalue weighted by Crippen LogP contribution is -2.33. The van der Waals surface area contributed by atoms with Crippen LogP contribution < -0.4 is 9.64 Å². The normalized spacial score (nSPS) is 16.7. The van der Waals surface area contributed by atoms with Gasteiger partial charge in [0.25, 0.3) is 0 Å². The third-order valence-corrected chi connectivity index (χ3v) is 6.67. The van der Waals surface area contributed by atoms with E-state index in [0.717, 1.165) is 43.0 Å². The molecule has 0 saturated carbocycles. The van der Waals surface area contributed by atoms with Gasteiger partial charge in [-0.05, 0) is 42.4 Å². The molecule has 2 aromatic rings. The van der Waals surface area contributed by atoms with Crippen molar-refractivity contribution >= 4 is 29.0 Å². The molecule has 6 heteroatoms. The second-order valence-corrected chi connectivity index (χ2v) is 9.58. The molecule has 31 heavy (non-hydrogen) atoms. The number of hydrogen-bond donors (Lipinski definition) is 0. The molecule has 5 nitrogen and oxygen atoms in total. The molecular formula is C25H29N3O2S. The number of fused-ring (bicyclic) bond motifs is 1. The van der Waals surface area contributed by atoms with Crippen molar-refractivity contribution in [2.45, 2.75) is 33.1 Å². The minimum Gasteiger partial charge on any atom is -0.477 e. The maximum absolute atomic E-state index is 12.7. The van der Waals surface area contributed by atoms with Crippen LogP contribution in [0.15, 0.2) is 48.8 Å². The number of carbonyl (C=O) groups excluding carboxylic acids is 1. The van der Waals surface area contributed by atoms with E-state index < -0.39 is 0 Å². The standard InChI is InChI=1S/C25H29N3O2S/c1-18(2)16-30-25-15-24(26-17-27-25)28-12-10-19(11-13-28)8-9-21(29)23-14-20-6-4-3-5-7-22(20)31-23/h3-6,8-9,14-15,17-19H,7,10-13,16H2,1-2H3/b9-8+. The molecule has 0 N–H and O–H groups in total. The molecule has 0 atom stereocenters. The highest BCUT2D eigenvalue weighted by Crippen LogP contribution is 2.28. The summed E-state index contributed by atoms with van der Waals surface area (Å²) >= 11 is 1.61. The van der Waals surface area contributed by atoms with E-state index in [4.69, 9.17) is 4.74 Å². The molecule has 1 aliphatic heterocycles. The first kappa shape index (κ1) is 21.5. The summed E-state index contributed by atoms with van der Waals surface area (Å²) in [4.78, 5) is 25.7. The predicted molar refractivity (Wildman–Crippen MR) is 127 cm³/mol. The minimum absolute atomic E-state index is 0.112. The molecule has 0 bridgehead atoms. The maximum atomic E-state index is 12.7. The zero-order chi connectivity index (χ0) is 21.6. The monoisotopic (exact) mass is 435 g/mol. The largest absolute Gasteiger partial charge is 0.477 e. The van der Waals surface area contributed by atoms with Gasteiger partial charge < -0.3 is 9.64 Å². The maximum Gasteiger partial charge on any atom is 0.218 e. The summed E-state index contributed by atoms with van der Waals surface area (Å²) in [5, 5.41) is 0. The Morgan fingerprint density at radius 3 is 2.90 bits per heavy atom. The summed E-state index contributed by atoms with van der Waals surface area (Å²) in [6.45, 7) is 6.71. The van der Waals surface area contributed by atoms with Crippen molar-refractivity contribution < 1.29 is 9.53 Å². The highest BCUT2D eigenvalue weighted by Gasteiger charge is 2.20. The Hall–Kier alpha value is -2.73. The lowest BCUT2D eigenvalue weighted by molar-refractivity contribution is 0.104. The molecule has 2 aromatic heterocycles. The van der Waals surface area contributed by atoms with Crippen molar-refractivity contribution in [1.29, 1.82) is 0 Å². The van der Waals surface area contributed by atoms with Crippen LogP contribution in [0.4, 0.5) is 5.82 Å². The van der Waals surface area contributed by atoms with E-state index in [1.807, 2.05) is 18.2 Å². The first-order valence-electron chi connectivity index (χ1n) is 11.0. The van der Waals surface area contributed by atoms with Crippen LogP contribution in [0.25, 0.3) is 6.08 Å². The first-order chi connectivity index (χ1) is 15.1. The molecule has 0 spiro atoms. The fourth-order valence-corrected chi connectivity index (χ4v) is 4.78. The fraction of sp³-hybridized carbons (Fsp3) is 0.400. The summed E-state index contributed by atoms with van der Waals surface area (Å²) in [5.74, 6) is 2.53. The van der Waals surface area contributed by atoms with Gasteiger partial charge in [-0.2, -0.15) is 0 Å². The summed E-state index contributed by atoms with van der Waals surface area (Å²) < 4.78 is 5.73. The molecule has 0 unspecified atom stereocenters. The SMILES string of the molecule is CC(C)COc1cc(N2CCC(/C=C/C(=O)c3cc4c(s3)CC=CC=C4)CC2)ncn1. The molecule has 3 heterocycles. The number of ether oxygens (including phenoxy) is 1. The molecule has 1 saturated heterocycles. The third-order valence-electron chi connectivity index (χ3n) is 5.49. The van der Waals surface area contributed by atoms with Gasteiger partial charge in [0.15, 0.2) is 5.78 Å². The molecule has 4 rings (SSSR count). The lowest BCUT2D eigenvalue weighted by atomic mass is 9.96. The highest BCUT2D eigenvalue weighted by atomic mass is 32.1. The number of aromatic nitrogens is 2. The number of piperidine rings is 1. The Bertz CT molecular complexity index is 998. The van der Waals surface area contributed by atoms with Gasteiger partial charge in [-0.15, -0.1) is 11.3 Å². The number of nitrogens with zero attached hydrogens (tertiary/aromatic N) is 3. The zero-order valence-corrected chi connectivity index (χ0v) is 19.0. The number of allylic oxidation sites excluding steroid dienone is 5. The molecule has 0 radical (unpaired) electrons. The topological polar surface area (TPSA) is 55.3 Å². The Kier molecular flexibility index (Phi) is 6.97. The summed E-state index contributed by atoms with van der Waals surface area (Å²) in [7, 11) is 0. The van der Waals surface area contributed by atoms with Gasteiger partial charge in [0.2, 0.25) is 5.88 Å². The van der Waals surface area contributed by atoms with Crippen molar-refractivity contribution in [2.75, 3.05) is 24.6 Å². The molecule has 162 valence electrons. The van der Waals surface area contributed by atoms with Crippen molar-refractivity contribution in [3.8, 4) is 5.88 Å². The van der Waals surface area contributed by atoms with E-state index in [2.05, 4.69) is 53.0 Å². The molecule has 1 fully saturated rings. The van der Waals surface area contributed by atoms with Gasteiger partial charge in [0, 0.05) is 30.5 Å². The predicted octanol–water partition coefficient (Wildman–Crippen LogP) is 5.35. The quantitative estimate of drug-likeness (QED) is 0.433. The van der Waals surface area contributed by atoms with E-state index in [0.29, 0.717) is 24.3 Å². The van der Waals surface area contributed by atoms with Crippen molar-refractivity contribution in [2.24, 2.45) is 11.8 Å². The van der Waals surface area contributed by atoms with Crippen LogP contribution in [0, 0.1) is 11.8 Å². The smallest absolute Gasteiger partial charge is 0.218 e. The van der Waals surface area contributed by atoms with Crippen LogP contribution in [0.5, 0.6) is 5.88 Å². The summed E-state index contributed by atoms with van der Waals surface area (Å²) in [6, 6.07) is 3.94. The Morgan fingerprint density at radius 2 is 2.10 bits per heavy atom. The summed E-state index contributed by atoms with van der Waals surface area (Å²) in [5.41, 5.74) is 1.17. The van der Waals surface area contributed by atoms with Crippen LogP contribution >= 0.6 is 11.3 Å². The number of carbonyl (C=O) groups is 1. The minimum atomic E-state index is 0.112. The second-order valence-electron chi connectivity index (χ2n) is 8.45. The third kappa shape index (κ3) is 5.70. The molecule has 0 amide bonds.